The first-order valence-corrected chi connectivity index (χ1v) is 10.4. The summed E-state index contributed by atoms with van der Waals surface area (Å²) in [6, 6.07) is 17.9. The SMILES string of the molecule is CC(C(=O)Nc1cccc(CCC(=O)O)c1)N1CCC(Cc2ccccc2)CC1. The van der Waals surface area contributed by atoms with Crippen LogP contribution < -0.4 is 5.32 Å². The Hall–Kier alpha value is -2.66. The second kappa shape index (κ2) is 10.2. The van der Waals surface area contributed by atoms with Crippen LogP contribution >= 0.6 is 0 Å². The minimum absolute atomic E-state index is 0.0121. The Bertz CT molecular complexity index is 814. The standard InChI is InChI=1S/C24H30N2O3/c1-18(24(29)25-22-9-5-8-20(17-22)10-11-23(27)28)26-14-12-21(13-15-26)16-19-6-3-2-4-7-19/h2-9,17-18,21H,10-16H2,1H3,(H,25,29)(H,27,28). The first-order valence-electron chi connectivity index (χ1n) is 10.4. The van der Waals surface area contributed by atoms with E-state index >= 15 is 0 Å². The van der Waals surface area contributed by atoms with E-state index in [1.54, 1.807) is 0 Å². The van der Waals surface area contributed by atoms with Crippen molar-refractivity contribution in [2.24, 2.45) is 5.92 Å². The highest BCUT2D eigenvalue weighted by molar-refractivity contribution is 5.94. The van der Waals surface area contributed by atoms with Crippen molar-refractivity contribution in [2.75, 3.05) is 18.4 Å². The molecule has 2 aromatic rings. The molecule has 1 heterocycles. The first-order chi connectivity index (χ1) is 14.0. The van der Waals surface area contributed by atoms with Crippen LogP contribution in [-0.4, -0.2) is 41.0 Å². The largest absolute Gasteiger partial charge is 0.481 e. The van der Waals surface area contributed by atoms with E-state index in [4.69, 9.17) is 5.11 Å². The van der Waals surface area contributed by atoms with Gasteiger partial charge in [0.15, 0.2) is 0 Å². The molecule has 1 saturated heterocycles. The molecule has 0 saturated carbocycles. The number of anilines is 1. The molecule has 0 aliphatic carbocycles. The van der Waals surface area contributed by atoms with Crippen LogP contribution in [0.2, 0.25) is 0 Å². The molecule has 154 valence electrons. The number of rotatable bonds is 8. The van der Waals surface area contributed by atoms with Crippen LogP contribution in [0.25, 0.3) is 0 Å². The third-order valence-corrected chi connectivity index (χ3v) is 5.77. The summed E-state index contributed by atoms with van der Waals surface area (Å²) in [7, 11) is 0. The van der Waals surface area contributed by atoms with E-state index in [2.05, 4.69) is 34.5 Å². The van der Waals surface area contributed by atoms with Gasteiger partial charge in [0.2, 0.25) is 5.91 Å². The summed E-state index contributed by atoms with van der Waals surface area (Å²) < 4.78 is 0. The number of likely N-dealkylation sites (tertiary alicyclic amines) is 1. The lowest BCUT2D eigenvalue weighted by molar-refractivity contribution is -0.137. The number of piperidine rings is 1. The Kier molecular flexibility index (Phi) is 7.42. The van der Waals surface area contributed by atoms with Gasteiger partial charge in [-0.2, -0.15) is 0 Å². The third kappa shape index (κ3) is 6.43. The van der Waals surface area contributed by atoms with Crippen molar-refractivity contribution < 1.29 is 14.7 Å². The van der Waals surface area contributed by atoms with E-state index in [1.807, 2.05) is 37.3 Å². The Morgan fingerprint density at radius 1 is 1.07 bits per heavy atom. The molecule has 1 unspecified atom stereocenters. The second-order valence-corrected chi connectivity index (χ2v) is 7.93. The lowest BCUT2D eigenvalue weighted by atomic mass is 9.89. The monoisotopic (exact) mass is 394 g/mol. The van der Waals surface area contributed by atoms with Crippen molar-refractivity contribution in [3.63, 3.8) is 0 Å². The molecule has 5 nitrogen and oxygen atoms in total. The fraction of sp³-hybridized carbons (Fsp3) is 0.417. The van der Waals surface area contributed by atoms with E-state index in [0.717, 1.165) is 43.6 Å². The molecule has 1 aliphatic heterocycles. The summed E-state index contributed by atoms with van der Waals surface area (Å²) in [5.74, 6) is -0.152. The topological polar surface area (TPSA) is 69.6 Å². The van der Waals surface area contributed by atoms with Crippen molar-refractivity contribution >= 4 is 17.6 Å². The van der Waals surface area contributed by atoms with Crippen molar-refractivity contribution in [1.82, 2.24) is 4.90 Å². The van der Waals surface area contributed by atoms with Gasteiger partial charge in [-0.3, -0.25) is 14.5 Å². The average Bonchev–Trinajstić information content (AvgIpc) is 2.73. The van der Waals surface area contributed by atoms with E-state index < -0.39 is 5.97 Å². The van der Waals surface area contributed by atoms with E-state index in [1.165, 1.54) is 5.56 Å². The van der Waals surface area contributed by atoms with Crippen LogP contribution in [0.5, 0.6) is 0 Å². The normalized spacial score (nSPS) is 16.3. The quantitative estimate of drug-likeness (QED) is 0.710. The molecule has 0 spiro atoms. The molecule has 1 fully saturated rings. The summed E-state index contributed by atoms with van der Waals surface area (Å²) in [4.78, 5) is 25.7. The number of hydrogen-bond donors (Lipinski definition) is 2. The van der Waals surface area contributed by atoms with E-state index in [-0.39, 0.29) is 18.4 Å². The smallest absolute Gasteiger partial charge is 0.303 e. The predicted molar refractivity (Wildman–Crippen MR) is 115 cm³/mol. The molecule has 29 heavy (non-hydrogen) atoms. The maximum Gasteiger partial charge on any atom is 0.303 e. The molecular formula is C24H30N2O3. The number of nitrogens with one attached hydrogen (secondary N) is 1. The van der Waals surface area contributed by atoms with Crippen molar-refractivity contribution in [1.29, 1.82) is 0 Å². The minimum atomic E-state index is -0.816. The molecule has 1 atom stereocenters. The molecule has 3 rings (SSSR count). The van der Waals surface area contributed by atoms with Gasteiger partial charge in [-0.1, -0.05) is 42.5 Å². The van der Waals surface area contributed by atoms with Crippen molar-refractivity contribution in [3.05, 3.63) is 65.7 Å². The number of carbonyl (C=O) groups excluding carboxylic acids is 1. The fourth-order valence-corrected chi connectivity index (χ4v) is 3.96. The number of aliphatic carboxylic acids is 1. The molecule has 1 aliphatic rings. The van der Waals surface area contributed by atoms with Crippen LogP contribution in [0.4, 0.5) is 5.69 Å². The zero-order chi connectivity index (χ0) is 20.6. The number of aryl methyl sites for hydroxylation is 1. The van der Waals surface area contributed by atoms with E-state index in [9.17, 15) is 9.59 Å². The van der Waals surface area contributed by atoms with Gasteiger partial charge in [-0.25, -0.2) is 0 Å². The first kappa shape index (κ1) is 21.1. The molecule has 0 bridgehead atoms. The second-order valence-electron chi connectivity index (χ2n) is 7.93. The highest BCUT2D eigenvalue weighted by Crippen LogP contribution is 2.23. The zero-order valence-electron chi connectivity index (χ0n) is 17.0. The minimum Gasteiger partial charge on any atom is -0.481 e. The van der Waals surface area contributed by atoms with E-state index in [0.29, 0.717) is 12.3 Å². The lowest BCUT2D eigenvalue weighted by Gasteiger charge is -2.35. The summed E-state index contributed by atoms with van der Waals surface area (Å²) in [5, 5.41) is 11.8. The van der Waals surface area contributed by atoms with Crippen molar-refractivity contribution in [2.45, 2.75) is 45.1 Å². The molecule has 2 N–H and O–H groups in total. The summed E-state index contributed by atoms with van der Waals surface area (Å²) >= 11 is 0. The predicted octanol–water partition coefficient (Wildman–Crippen LogP) is 3.99. The van der Waals surface area contributed by atoms with Gasteiger partial charge >= 0.3 is 5.97 Å². The van der Waals surface area contributed by atoms with Gasteiger partial charge in [0, 0.05) is 12.1 Å². The maximum atomic E-state index is 12.7. The molecular weight excluding hydrogens is 364 g/mol. The van der Waals surface area contributed by atoms with Gasteiger partial charge in [0.05, 0.1) is 6.04 Å². The van der Waals surface area contributed by atoms with Crippen LogP contribution in [0.1, 0.15) is 37.3 Å². The van der Waals surface area contributed by atoms with Crippen LogP contribution in [0.3, 0.4) is 0 Å². The number of amides is 1. The fourth-order valence-electron chi connectivity index (χ4n) is 3.96. The highest BCUT2D eigenvalue weighted by atomic mass is 16.4. The lowest BCUT2D eigenvalue weighted by Crippen LogP contribution is -2.46. The highest BCUT2D eigenvalue weighted by Gasteiger charge is 2.26. The number of nitrogens with zero attached hydrogens (tertiary/aromatic N) is 1. The van der Waals surface area contributed by atoms with Gasteiger partial charge in [0.25, 0.3) is 0 Å². The number of benzene rings is 2. The Morgan fingerprint density at radius 3 is 2.45 bits per heavy atom. The maximum absolute atomic E-state index is 12.7. The molecule has 5 heteroatoms. The Balaban J connectivity index is 1.48. The molecule has 0 aromatic heterocycles. The Morgan fingerprint density at radius 2 is 1.76 bits per heavy atom. The number of carboxylic acid groups (broad SMARTS) is 1. The number of carboxylic acids is 1. The van der Waals surface area contributed by atoms with Gasteiger partial charge in [0.1, 0.15) is 0 Å². The summed E-state index contributed by atoms with van der Waals surface area (Å²) in [5.41, 5.74) is 3.03. The average molecular weight is 395 g/mol. The third-order valence-electron chi connectivity index (χ3n) is 5.77. The molecule has 1 amide bonds. The summed E-state index contributed by atoms with van der Waals surface area (Å²) in [6.07, 6.45) is 3.88. The molecule has 2 aromatic carbocycles. The van der Waals surface area contributed by atoms with Crippen LogP contribution in [0, 0.1) is 5.92 Å². The molecule has 0 radical (unpaired) electrons. The van der Waals surface area contributed by atoms with Crippen molar-refractivity contribution in [3.8, 4) is 0 Å². The van der Waals surface area contributed by atoms with Crippen LogP contribution in [-0.2, 0) is 22.4 Å². The number of carbonyl (C=O) groups is 2. The van der Waals surface area contributed by atoms with Gasteiger partial charge in [-0.05, 0) is 74.9 Å². The number of hydrogen-bond acceptors (Lipinski definition) is 3. The zero-order valence-corrected chi connectivity index (χ0v) is 17.0. The van der Waals surface area contributed by atoms with Gasteiger partial charge in [-0.15, -0.1) is 0 Å². The summed E-state index contributed by atoms with van der Waals surface area (Å²) in [6.45, 7) is 3.83. The Labute approximate surface area is 172 Å². The van der Waals surface area contributed by atoms with Gasteiger partial charge < -0.3 is 10.4 Å². The van der Waals surface area contributed by atoms with Crippen LogP contribution in [0.15, 0.2) is 54.6 Å².